The first kappa shape index (κ1) is 30.9. The van der Waals surface area contributed by atoms with Crippen molar-refractivity contribution in [3.8, 4) is 16.8 Å². The smallest absolute Gasteiger partial charge is 0.135 e. The van der Waals surface area contributed by atoms with Crippen LogP contribution in [0.1, 0.15) is 0 Å². The van der Waals surface area contributed by atoms with Gasteiger partial charge in [0.05, 0.1) is 11.0 Å². The van der Waals surface area contributed by atoms with E-state index in [-0.39, 0.29) is 0 Å². The summed E-state index contributed by atoms with van der Waals surface area (Å²) in [6.45, 7) is 0. The number of hydrogen-bond donors (Lipinski definition) is 0. The van der Waals surface area contributed by atoms with Crippen LogP contribution in [0.2, 0.25) is 0 Å². The largest absolute Gasteiger partial charge is 0.456 e. The van der Waals surface area contributed by atoms with Gasteiger partial charge in [-0.15, -0.1) is 0 Å². The zero-order valence-corrected chi connectivity index (χ0v) is 30.2. The second kappa shape index (κ2) is 12.0. The van der Waals surface area contributed by atoms with Crippen molar-refractivity contribution in [3.05, 3.63) is 194 Å². The molecule has 262 valence electrons. The Hall–Kier alpha value is -7.56. The van der Waals surface area contributed by atoms with Crippen LogP contribution < -0.4 is 4.90 Å². The molecule has 0 N–H and O–H groups in total. The zero-order valence-electron chi connectivity index (χ0n) is 30.2. The molecule has 0 amide bonds. The van der Waals surface area contributed by atoms with Crippen molar-refractivity contribution in [2.24, 2.45) is 0 Å². The third kappa shape index (κ3) is 4.73. The molecule has 3 aromatic heterocycles. The predicted molar refractivity (Wildman–Crippen MR) is 233 cm³/mol. The summed E-state index contributed by atoms with van der Waals surface area (Å²) in [5, 5.41) is 9.27. The number of hydrogen-bond acceptors (Lipinski definition) is 3. The Morgan fingerprint density at radius 3 is 1.66 bits per heavy atom. The first-order valence-corrected chi connectivity index (χ1v) is 19.0. The van der Waals surface area contributed by atoms with Gasteiger partial charge in [0.25, 0.3) is 0 Å². The second-order valence-electron chi connectivity index (χ2n) is 14.6. The van der Waals surface area contributed by atoms with Crippen LogP contribution in [0.5, 0.6) is 0 Å². The fourth-order valence-corrected chi connectivity index (χ4v) is 8.71. The molecule has 4 heteroatoms. The van der Waals surface area contributed by atoms with Gasteiger partial charge in [-0.25, -0.2) is 0 Å². The Kier molecular flexibility index (Phi) is 6.60. The Bertz CT molecular complexity index is 3500. The number of rotatable bonds is 5. The summed E-state index contributed by atoms with van der Waals surface area (Å²) in [4.78, 5) is 2.37. The lowest BCUT2D eigenvalue weighted by molar-refractivity contribution is 0.668. The van der Waals surface area contributed by atoms with E-state index in [4.69, 9.17) is 8.83 Å². The van der Waals surface area contributed by atoms with E-state index in [2.05, 4.69) is 179 Å². The van der Waals surface area contributed by atoms with Crippen LogP contribution >= 0.6 is 0 Å². The number of fused-ring (bicyclic) bond motifs is 10. The predicted octanol–water partition coefficient (Wildman–Crippen LogP) is 14.9. The molecule has 0 bridgehead atoms. The summed E-state index contributed by atoms with van der Waals surface area (Å²) in [6.07, 6.45) is 0. The SMILES string of the molecule is c1ccc(-n2c3ccc(-c4ccc5oc6ccccc6c5c4)cc3c3ccc(N(c4ccc5ccccc5c4)c4ccc5oc6ccccc6c5c4)cc32)cc1. The number of furan rings is 2. The van der Waals surface area contributed by atoms with Gasteiger partial charge in [-0.3, -0.25) is 0 Å². The highest BCUT2D eigenvalue weighted by atomic mass is 16.3. The molecule has 0 aliphatic rings. The summed E-state index contributed by atoms with van der Waals surface area (Å²) in [6, 6.07) is 69.3. The van der Waals surface area contributed by atoms with Gasteiger partial charge in [0.2, 0.25) is 0 Å². The molecule has 56 heavy (non-hydrogen) atoms. The van der Waals surface area contributed by atoms with Crippen molar-refractivity contribution in [2.45, 2.75) is 0 Å². The summed E-state index contributed by atoms with van der Waals surface area (Å²) < 4.78 is 14.8. The first-order chi connectivity index (χ1) is 27.7. The van der Waals surface area contributed by atoms with Crippen LogP contribution in [0.25, 0.3) is 93.3 Å². The molecule has 0 radical (unpaired) electrons. The minimum Gasteiger partial charge on any atom is -0.456 e. The van der Waals surface area contributed by atoms with E-state index < -0.39 is 0 Å². The van der Waals surface area contributed by atoms with Gasteiger partial charge in [0.15, 0.2) is 0 Å². The minimum atomic E-state index is 0.879. The van der Waals surface area contributed by atoms with Crippen molar-refractivity contribution in [3.63, 3.8) is 0 Å². The van der Waals surface area contributed by atoms with Gasteiger partial charge in [-0.05, 0) is 113 Å². The molecule has 0 spiro atoms. The van der Waals surface area contributed by atoms with E-state index in [0.29, 0.717) is 0 Å². The standard InChI is InChI=1S/C52H32N2O2/c1-2-12-37(13-3-1)54-47-25-19-35(36-20-26-51-45(30-36)42-14-6-8-16-49(42)55-51)29-44(47)41-24-22-40(32-48(41)54)53(38-21-18-33-10-4-5-11-34(33)28-38)39-23-27-52-46(31-39)43-15-7-9-17-50(43)56-52/h1-32H. The summed E-state index contributed by atoms with van der Waals surface area (Å²) in [7, 11) is 0. The third-order valence-electron chi connectivity index (χ3n) is 11.3. The Morgan fingerprint density at radius 1 is 0.321 bits per heavy atom. The van der Waals surface area contributed by atoms with E-state index in [1.165, 1.54) is 27.1 Å². The lowest BCUT2D eigenvalue weighted by Crippen LogP contribution is -2.10. The van der Waals surface area contributed by atoms with Gasteiger partial charge in [-0.1, -0.05) is 103 Å². The highest BCUT2D eigenvalue weighted by Crippen LogP contribution is 2.43. The van der Waals surface area contributed by atoms with Gasteiger partial charge in [0, 0.05) is 55.1 Å². The van der Waals surface area contributed by atoms with E-state index in [0.717, 1.165) is 83.2 Å². The van der Waals surface area contributed by atoms with Crippen molar-refractivity contribution >= 4 is 93.5 Å². The molecule has 0 fully saturated rings. The van der Waals surface area contributed by atoms with Crippen molar-refractivity contribution < 1.29 is 8.83 Å². The van der Waals surface area contributed by atoms with E-state index >= 15 is 0 Å². The molecular weight excluding hydrogens is 685 g/mol. The molecular formula is C52H32N2O2. The van der Waals surface area contributed by atoms with E-state index in [1.54, 1.807) is 0 Å². The highest BCUT2D eigenvalue weighted by molar-refractivity contribution is 6.13. The maximum Gasteiger partial charge on any atom is 0.135 e. The Labute approximate surface area is 321 Å². The van der Waals surface area contributed by atoms with E-state index in [9.17, 15) is 0 Å². The van der Waals surface area contributed by atoms with Crippen molar-refractivity contribution in [1.29, 1.82) is 0 Å². The minimum absolute atomic E-state index is 0.879. The first-order valence-electron chi connectivity index (χ1n) is 19.0. The average Bonchev–Trinajstić information content (AvgIpc) is 3.92. The van der Waals surface area contributed by atoms with Crippen LogP contribution in [0.3, 0.4) is 0 Å². The molecule has 0 unspecified atom stereocenters. The van der Waals surface area contributed by atoms with Gasteiger partial charge < -0.3 is 18.3 Å². The molecule has 3 heterocycles. The van der Waals surface area contributed by atoms with Gasteiger partial charge in [0.1, 0.15) is 22.3 Å². The lowest BCUT2D eigenvalue weighted by Gasteiger charge is -2.26. The normalized spacial score (nSPS) is 11.9. The quantitative estimate of drug-likeness (QED) is 0.178. The second-order valence-corrected chi connectivity index (χ2v) is 14.6. The van der Waals surface area contributed by atoms with Crippen molar-refractivity contribution in [2.75, 3.05) is 4.90 Å². The van der Waals surface area contributed by atoms with Crippen LogP contribution in [0.15, 0.2) is 203 Å². The average molecular weight is 717 g/mol. The molecule has 12 rings (SSSR count). The fourth-order valence-electron chi connectivity index (χ4n) is 8.71. The monoisotopic (exact) mass is 716 g/mol. The molecule has 0 aliphatic heterocycles. The van der Waals surface area contributed by atoms with Crippen molar-refractivity contribution in [1.82, 2.24) is 4.57 Å². The number of nitrogens with zero attached hydrogens (tertiary/aromatic N) is 2. The maximum atomic E-state index is 6.26. The Balaban J connectivity index is 1.08. The molecule has 0 saturated carbocycles. The Morgan fingerprint density at radius 2 is 0.875 bits per heavy atom. The summed E-state index contributed by atoms with van der Waals surface area (Å²) >= 11 is 0. The molecule has 0 aliphatic carbocycles. The summed E-state index contributed by atoms with van der Waals surface area (Å²) in [5.41, 5.74) is 12.5. The van der Waals surface area contributed by atoms with Crippen LogP contribution in [-0.4, -0.2) is 4.57 Å². The molecule has 0 atom stereocenters. The maximum absolute atomic E-state index is 6.26. The fraction of sp³-hybridized carbons (Fsp3) is 0. The van der Waals surface area contributed by atoms with Crippen LogP contribution in [-0.2, 0) is 0 Å². The number of para-hydroxylation sites is 3. The molecule has 0 saturated heterocycles. The third-order valence-corrected chi connectivity index (χ3v) is 11.3. The van der Waals surface area contributed by atoms with Crippen LogP contribution in [0, 0.1) is 0 Å². The molecule has 9 aromatic carbocycles. The molecule has 12 aromatic rings. The highest BCUT2D eigenvalue weighted by Gasteiger charge is 2.20. The summed E-state index contributed by atoms with van der Waals surface area (Å²) in [5.74, 6) is 0. The van der Waals surface area contributed by atoms with Crippen LogP contribution in [0.4, 0.5) is 17.1 Å². The topological polar surface area (TPSA) is 34.5 Å². The van der Waals surface area contributed by atoms with E-state index in [1.807, 2.05) is 24.3 Å². The number of anilines is 3. The van der Waals surface area contributed by atoms with Gasteiger partial charge >= 0.3 is 0 Å². The number of benzene rings is 9. The lowest BCUT2D eigenvalue weighted by atomic mass is 10.0. The zero-order chi connectivity index (χ0) is 36.7. The molecule has 4 nitrogen and oxygen atoms in total. The van der Waals surface area contributed by atoms with Gasteiger partial charge in [-0.2, -0.15) is 0 Å². The number of aromatic nitrogens is 1.